The second-order valence-corrected chi connectivity index (χ2v) is 8.63. The number of esters is 1. The number of hydrogen-bond acceptors (Lipinski definition) is 8. The molecule has 8 nitrogen and oxygen atoms in total. The molecule has 1 fully saturated rings. The first-order chi connectivity index (χ1) is 15.7. The molecule has 2 aromatic heterocycles. The van der Waals surface area contributed by atoms with Gasteiger partial charge < -0.3 is 23.8 Å². The predicted octanol–water partition coefficient (Wildman–Crippen LogP) is 5.08. The van der Waals surface area contributed by atoms with Gasteiger partial charge in [0.2, 0.25) is 0 Å². The van der Waals surface area contributed by atoms with Gasteiger partial charge >= 0.3 is 5.97 Å². The van der Waals surface area contributed by atoms with Crippen molar-refractivity contribution in [3.05, 3.63) is 53.7 Å². The Morgan fingerprint density at radius 1 is 1.22 bits per heavy atom. The number of anilines is 1. The fourth-order valence-corrected chi connectivity index (χ4v) is 5.00. The Kier molecular flexibility index (Phi) is 7.36. The Morgan fingerprint density at radius 3 is 2.84 bits per heavy atom. The van der Waals surface area contributed by atoms with E-state index in [1.807, 2.05) is 24.3 Å². The maximum atomic E-state index is 11.9. The number of carbonyl (C=O) groups is 1. The Hall–Kier alpha value is -2.94. The number of furan rings is 1. The number of carbonyl (C=O) groups excluding carboxylic acids is 1. The number of hydrogen-bond donors (Lipinski definition) is 1. The number of methoxy groups -OCH3 is 2. The third-order valence-corrected chi connectivity index (χ3v) is 6.62. The van der Waals surface area contributed by atoms with Crippen LogP contribution in [0.4, 0.5) is 5.69 Å². The van der Waals surface area contributed by atoms with Crippen molar-refractivity contribution in [3.8, 4) is 5.75 Å². The smallest absolute Gasteiger partial charge is 0.341 e. The minimum Gasteiger partial charge on any atom is -0.497 e. The molecule has 0 spiro atoms. The van der Waals surface area contributed by atoms with Crippen LogP contribution in [-0.4, -0.2) is 35.0 Å². The zero-order chi connectivity index (χ0) is 22.3. The van der Waals surface area contributed by atoms with Crippen molar-refractivity contribution < 1.29 is 18.7 Å². The molecule has 0 saturated heterocycles. The van der Waals surface area contributed by atoms with E-state index in [2.05, 4.69) is 20.1 Å². The van der Waals surface area contributed by atoms with Crippen LogP contribution >= 0.6 is 11.8 Å². The summed E-state index contributed by atoms with van der Waals surface area (Å²) in [6, 6.07) is 9.85. The third-order valence-electron chi connectivity index (χ3n) is 5.68. The summed E-state index contributed by atoms with van der Waals surface area (Å²) >= 11 is 1.53. The van der Waals surface area contributed by atoms with Crippen LogP contribution in [0.2, 0.25) is 0 Å². The third kappa shape index (κ3) is 5.09. The van der Waals surface area contributed by atoms with Gasteiger partial charge in [-0.15, -0.1) is 10.2 Å². The Morgan fingerprint density at radius 2 is 2.06 bits per heavy atom. The lowest BCUT2D eigenvalue weighted by Gasteiger charge is -2.25. The van der Waals surface area contributed by atoms with Crippen LogP contribution in [0.15, 0.2) is 46.2 Å². The molecule has 3 aromatic rings. The molecule has 0 aliphatic heterocycles. The van der Waals surface area contributed by atoms with E-state index in [0.717, 1.165) is 35.3 Å². The summed E-state index contributed by atoms with van der Waals surface area (Å²) in [5.41, 5.74) is 1.42. The first-order valence-electron chi connectivity index (χ1n) is 10.8. The lowest BCUT2D eigenvalue weighted by molar-refractivity contribution is 0.0598. The summed E-state index contributed by atoms with van der Waals surface area (Å²) in [5.74, 6) is 2.36. The van der Waals surface area contributed by atoms with Gasteiger partial charge in [0.1, 0.15) is 17.1 Å². The van der Waals surface area contributed by atoms with Crippen LogP contribution in [0.5, 0.6) is 5.75 Å². The maximum Gasteiger partial charge on any atom is 0.341 e. The van der Waals surface area contributed by atoms with Crippen molar-refractivity contribution in [1.82, 2.24) is 14.8 Å². The Balaban J connectivity index is 1.52. The van der Waals surface area contributed by atoms with Gasteiger partial charge in [0, 0.05) is 17.8 Å². The van der Waals surface area contributed by atoms with E-state index in [9.17, 15) is 4.79 Å². The van der Waals surface area contributed by atoms with Gasteiger partial charge in [0.15, 0.2) is 11.0 Å². The Bertz CT molecular complexity index is 1040. The molecule has 1 saturated carbocycles. The van der Waals surface area contributed by atoms with Crippen LogP contribution in [0.1, 0.15) is 60.1 Å². The SMILES string of the molecule is COC(=O)c1ccoc1CSc1nnc(CNc2cccc(OC)c2)n1C1CCCCC1. The van der Waals surface area contributed by atoms with Gasteiger partial charge in [-0.2, -0.15) is 0 Å². The molecule has 0 amide bonds. The molecular weight excluding hydrogens is 428 g/mol. The molecule has 0 atom stereocenters. The van der Waals surface area contributed by atoms with Crippen LogP contribution in [0.3, 0.4) is 0 Å². The van der Waals surface area contributed by atoms with Crippen LogP contribution in [0.25, 0.3) is 0 Å². The molecule has 2 heterocycles. The lowest BCUT2D eigenvalue weighted by Crippen LogP contribution is -2.18. The molecule has 1 N–H and O–H groups in total. The van der Waals surface area contributed by atoms with Crippen molar-refractivity contribution >= 4 is 23.4 Å². The van der Waals surface area contributed by atoms with E-state index in [0.29, 0.717) is 29.7 Å². The van der Waals surface area contributed by atoms with Crippen molar-refractivity contribution in [2.24, 2.45) is 0 Å². The quantitative estimate of drug-likeness (QED) is 0.352. The number of rotatable bonds is 9. The molecule has 9 heteroatoms. The molecular formula is C23H28N4O4S. The zero-order valence-corrected chi connectivity index (χ0v) is 19.2. The average molecular weight is 457 g/mol. The van der Waals surface area contributed by atoms with E-state index in [4.69, 9.17) is 13.9 Å². The number of aromatic nitrogens is 3. The highest BCUT2D eigenvalue weighted by Crippen LogP contribution is 2.34. The van der Waals surface area contributed by atoms with Crippen LogP contribution in [0, 0.1) is 0 Å². The van der Waals surface area contributed by atoms with Gasteiger partial charge in [-0.1, -0.05) is 37.1 Å². The summed E-state index contributed by atoms with van der Waals surface area (Å²) in [5, 5.41) is 13.3. The van der Waals surface area contributed by atoms with Gasteiger partial charge in [0.25, 0.3) is 0 Å². The second-order valence-electron chi connectivity index (χ2n) is 7.68. The van der Waals surface area contributed by atoms with E-state index in [1.54, 1.807) is 13.2 Å². The molecule has 170 valence electrons. The first kappa shape index (κ1) is 22.3. The number of nitrogens with one attached hydrogen (secondary N) is 1. The highest BCUT2D eigenvalue weighted by Gasteiger charge is 2.24. The number of thioether (sulfide) groups is 1. The summed E-state index contributed by atoms with van der Waals surface area (Å²) in [4.78, 5) is 11.9. The molecule has 1 aliphatic carbocycles. The van der Waals surface area contributed by atoms with Crippen LogP contribution < -0.4 is 10.1 Å². The normalized spacial score (nSPS) is 14.3. The molecule has 1 aliphatic rings. The molecule has 32 heavy (non-hydrogen) atoms. The van der Waals surface area contributed by atoms with Gasteiger partial charge in [-0.3, -0.25) is 0 Å². The molecule has 0 unspecified atom stereocenters. The zero-order valence-electron chi connectivity index (χ0n) is 18.4. The minimum atomic E-state index is -0.397. The minimum absolute atomic E-state index is 0.375. The van der Waals surface area contributed by atoms with Crippen molar-refractivity contribution in [2.75, 3.05) is 19.5 Å². The predicted molar refractivity (Wildman–Crippen MR) is 122 cm³/mol. The van der Waals surface area contributed by atoms with E-state index in [1.165, 1.54) is 44.4 Å². The number of nitrogens with zero attached hydrogens (tertiary/aromatic N) is 3. The monoisotopic (exact) mass is 456 g/mol. The fourth-order valence-electron chi connectivity index (χ4n) is 4.02. The van der Waals surface area contributed by atoms with Crippen molar-refractivity contribution in [1.29, 1.82) is 0 Å². The molecule has 1 aromatic carbocycles. The highest BCUT2D eigenvalue weighted by atomic mass is 32.2. The standard InChI is InChI=1S/C23H28N4O4S/c1-29-18-10-6-7-16(13-18)24-14-21-25-26-23(27(21)17-8-4-3-5-9-17)32-15-20-19(11-12-31-20)22(28)30-2/h6-7,10-13,17,24H,3-5,8-9,14-15H2,1-2H3. The van der Waals surface area contributed by atoms with E-state index < -0.39 is 5.97 Å². The largest absolute Gasteiger partial charge is 0.497 e. The summed E-state index contributed by atoms with van der Waals surface area (Å²) in [6.07, 6.45) is 7.43. The molecule has 4 rings (SSSR count). The Labute approximate surface area is 191 Å². The average Bonchev–Trinajstić information content (AvgIpc) is 3.48. The molecule has 0 radical (unpaired) electrons. The number of ether oxygens (including phenoxy) is 2. The van der Waals surface area contributed by atoms with E-state index in [-0.39, 0.29) is 0 Å². The maximum absolute atomic E-state index is 11.9. The highest BCUT2D eigenvalue weighted by molar-refractivity contribution is 7.98. The van der Waals surface area contributed by atoms with Crippen molar-refractivity contribution in [3.63, 3.8) is 0 Å². The van der Waals surface area contributed by atoms with Crippen molar-refractivity contribution in [2.45, 2.75) is 55.6 Å². The van der Waals surface area contributed by atoms with E-state index >= 15 is 0 Å². The summed E-state index contributed by atoms with van der Waals surface area (Å²) in [7, 11) is 3.03. The number of benzene rings is 1. The summed E-state index contributed by atoms with van der Waals surface area (Å²) in [6.45, 7) is 0.561. The summed E-state index contributed by atoms with van der Waals surface area (Å²) < 4.78 is 17.9. The fraction of sp³-hybridized carbons (Fsp3) is 0.435. The van der Waals surface area contributed by atoms with Gasteiger partial charge in [0.05, 0.1) is 32.8 Å². The first-order valence-corrected chi connectivity index (χ1v) is 11.8. The second kappa shape index (κ2) is 10.6. The lowest BCUT2D eigenvalue weighted by atomic mass is 9.95. The van der Waals surface area contributed by atoms with Crippen LogP contribution in [-0.2, 0) is 17.0 Å². The van der Waals surface area contributed by atoms with Gasteiger partial charge in [-0.05, 0) is 31.0 Å². The van der Waals surface area contributed by atoms with Gasteiger partial charge in [-0.25, -0.2) is 4.79 Å². The topological polar surface area (TPSA) is 91.4 Å². The molecule has 0 bridgehead atoms.